The van der Waals surface area contributed by atoms with Gasteiger partial charge in [-0.15, -0.1) is 10.2 Å². The van der Waals surface area contributed by atoms with Crippen LogP contribution in [0.2, 0.25) is 5.15 Å². The standard InChI is InChI=1S/C13H16ClN5O3S/c1-23-7-6-8(13(21)22)15-12(20)5-4-11-17-16-10-3-2-9(14)18-19(10)11/h2-3,8H,4-7H2,1H3,(H,15,20)(H,21,22). The third kappa shape index (κ3) is 4.80. The summed E-state index contributed by atoms with van der Waals surface area (Å²) in [5, 5.41) is 23.9. The molecule has 0 radical (unpaired) electrons. The van der Waals surface area contributed by atoms with Crippen molar-refractivity contribution in [2.45, 2.75) is 25.3 Å². The average Bonchev–Trinajstić information content (AvgIpc) is 2.91. The van der Waals surface area contributed by atoms with Crippen molar-refractivity contribution < 1.29 is 14.7 Å². The van der Waals surface area contributed by atoms with Crippen molar-refractivity contribution in [1.82, 2.24) is 25.1 Å². The number of amides is 1. The Morgan fingerprint density at radius 2 is 2.22 bits per heavy atom. The molecule has 2 aromatic rings. The maximum absolute atomic E-state index is 11.9. The van der Waals surface area contributed by atoms with Crippen LogP contribution < -0.4 is 5.32 Å². The van der Waals surface area contributed by atoms with Gasteiger partial charge in [0.05, 0.1) is 0 Å². The van der Waals surface area contributed by atoms with Gasteiger partial charge in [-0.3, -0.25) is 4.79 Å². The summed E-state index contributed by atoms with van der Waals surface area (Å²) >= 11 is 7.36. The van der Waals surface area contributed by atoms with Crippen LogP contribution in [-0.4, -0.2) is 54.8 Å². The molecule has 0 aliphatic carbocycles. The number of nitrogens with one attached hydrogen (secondary N) is 1. The molecular weight excluding hydrogens is 342 g/mol. The molecule has 10 heteroatoms. The summed E-state index contributed by atoms with van der Waals surface area (Å²) in [5.74, 6) is -0.228. The van der Waals surface area contributed by atoms with Crippen LogP contribution in [0.15, 0.2) is 12.1 Å². The highest BCUT2D eigenvalue weighted by molar-refractivity contribution is 7.98. The second kappa shape index (κ2) is 8.11. The van der Waals surface area contributed by atoms with Crippen LogP contribution in [0, 0.1) is 0 Å². The quantitative estimate of drug-likeness (QED) is 0.726. The van der Waals surface area contributed by atoms with E-state index in [4.69, 9.17) is 16.7 Å². The fourth-order valence-electron chi connectivity index (χ4n) is 1.95. The van der Waals surface area contributed by atoms with Crippen LogP contribution in [0.1, 0.15) is 18.7 Å². The third-order valence-corrected chi connectivity index (χ3v) is 3.96. The topological polar surface area (TPSA) is 109 Å². The molecular formula is C13H16ClN5O3S. The maximum Gasteiger partial charge on any atom is 0.326 e. The normalized spacial score (nSPS) is 12.3. The number of carboxylic acid groups (broad SMARTS) is 1. The number of carbonyl (C=O) groups is 2. The molecule has 0 bridgehead atoms. The average molecular weight is 358 g/mol. The molecule has 8 nitrogen and oxygen atoms in total. The monoisotopic (exact) mass is 357 g/mol. The number of thioether (sulfide) groups is 1. The van der Waals surface area contributed by atoms with Crippen molar-refractivity contribution in [3.05, 3.63) is 23.1 Å². The molecule has 124 valence electrons. The lowest BCUT2D eigenvalue weighted by molar-refractivity contribution is -0.141. The Balaban J connectivity index is 1.94. The van der Waals surface area contributed by atoms with Gasteiger partial charge in [-0.2, -0.15) is 21.4 Å². The highest BCUT2D eigenvalue weighted by Crippen LogP contribution is 2.09. The van der Waals surface area contributed by atoms with Gasteiger partial charge in [0.25, 0.3) is 0 Å². The minimum atomic E-state index is -1.03. The van der Waals surface area contributed by atoms with Crippen LogP contribution in [0.4, 0.5) is 0 Å². The second-order valence-electron chi connectivity index (χ2n) is 4.78. The fraction of sp³-hybridized carbons (Fsp3) is 0.462. The summed E-state index contributed by atoms with van der Waals surface area (Å²) in [5.41, 5.74) is 0.535. The van der Waals surface area contributed by atoms with Crippen molar-refractivity contribution >= 4 is 40.9 Å². The van der Waals surface area contributed by atoms with E-state index < -0.39 is 12.0 Å². The van der Waals surface area contributed by atoms with Crippen molar-refractivity contribution in [3.63, 3.8) is 0 Å². The number of fused-ring (bicyclic) bond motifs is 1. The number of halogens is 1. The van der Waals surface area contributed by atoms with Gasteiger partial charge in [0.1, 0.15) is 11.2 Å². The van der Waals surface area contributed by atoms with E-state index in [9.17, 15) is 9.59 Å². The Morgan fingerprint density at radius 3 is 2.91 bits per heavy atom. The van der Waals surface area contributed by atoms with Gasteiger partial charge in [0.15, 0.2) is 11.5 Å². The summed E-state index contributed by atoms with van der Waals surface area (Å²) in [6.45, 7) is 0. The Bertz CT molecular complexity index is 708. The van der Waals surface area contributed by atoms with Gasteiger partial charge in [0, 0.05) is 12.8 Å². The van der Waals surface area contributed by atoms with Crippen LogP contribution in [-0.2, 0) is 16.0 Å². The van der Waals surface area contributed by atoms with Crippen molar-refractivity contribution in [2.24, 2.45) is 0 Å². The first-order chi connectivity index (χ1) is 11.0. The Labute approximate surface area is 141 Å². The highest BCUT2D eigenvalue weighted by atomic mass is 35.5. The zero-order valence-corrected chi connectivity index (χ0v) is 14.0. The van der Waals surface area contributed by atoms with Gasteiger partial charge < -0.3 is 10.4 Å². The van der Waals surface area contributed by atoms with Gasteiger partial charge in [-0.05, 0) is 30.6 Å². The lowest BCUT2D eigenvalue weighted by Crippen LogP contribution is -2.41. The van der Waals surface area contributed by atoms with Crippen LogP contribution in [0.3, 0.4) is 0 Å². The van der Waals surface area contributed by atoms with Gasteiger partial charge in [-0.1, -0.05) is 11.6 Å². The van der Waals surface area contributed by atoms with Gasteiger partial charge in [-0.25, -0.2) is 4.79 Å². The second-order valence-corrected chi connectivity index (χ2v) is 6.15. The molecule has 1 amide bonds. The molecule has 0 aliphatic rings. The highest BCUT2D eigenvalue weighted by Gasteiger charge is 2.19. The zero-order valence-electron chi connectivity index (χ0n) is 12.4. The fourth-order valence-corrected chi connectivity index (χ4v) is 2.56. The number of rotatable bonds is 8. The predicted molar refractivity (Wildman–Crippen MR) is 86.7 cm³/mol. The SMILES string of the molecule is CSCCC(NC(=O)CCc1nnc2ccc(Cl)nn12)C(=O)O. The molecule has 2 heterocycles. The number of nitrogens with zero attached hydrogens (tertiary/aromatic N) is 4. The molecule has 23 heavy (non-hydrogen) atoms. The molecule has 0 spiro atoms. The number of carboxylic acids is 1. The first-order valence-corrected chi connectivity index (χ1v) is 8.66. The lowest BCUT2D eigenvalue weighted by Gasteiger charge is -2.13. The van der Waals surface area contributed by atoms with Crippen LogP contribution in [0.5, 0.6) is 0 Å². The van der Waals surface area contributed by atoms with Crippen molar-refractivity contribution in [2.75, 3.05) is 12.0 Å². The smallest absolute Gasteiger partial charge is 0.326 e. The number of carbonyl (C=O) groups excluding carboxylic acids is 1. The Hall–Kier alpha value is -1.87. The van der Waals surface area contributed by atoms with E-state index in [-0.39, 0.29) is 18.7 Å². The molecule has 0 saturated carbocycles. The van der Waals surface area contributed by atoms with Crippen LogP contribution in [0.25, 0.3) is 5.65 Å². The van der Waals surface area contributed by atoms with E-state index in [1.54, 1.807) is 12.1 Å². The summed E-state index contributed by atoms with van der Waals surface area (Å²) in [6.07, 6.45) is 2.65. The van der Waals surface area contributed by atoms with E-state index >= 15 is 0 Å². The maximum atomic E-state index is 11.9. The lowest BCUT2D eigenvalue weighted by atomic mass is 10.2. The Morgan fingerprint density at radius 1 is 1.43 bits per heavy atom. The molecule has 0 saturated heterocycles. The van der Waals surface area contributed by atoms with Crippen molar-refractivity contribution in [1.29, 1.82) is 0 Å². The number of hydrogen-bond donors (Lipinski definition) is 2. The number of hydrogen-bond acceptors (Lipinski definition) is 6. The van der Waals surface area contributed by atoms with E-state index in [2.05, 4.69) is 20.6 Å². The van der Waals surface area contributed by atoms with Crippen molar-refractivity contribution in [3.8, 4) is 0 Å². The largest absolute Gasteiger partial charge is 0.480 e. The molecule has 2 aromatic heterocycles. The first-order valence-electron chi connectivity index (χ1n) is 6.89. The molecule has 1 atom stereocenters. The van der Waals surface area contributed by atoms with Crippen LogP contribution >= 0.6 is 23.4 Å². The molecule has 2 N–H and O–H groups in total. The summed E-state index contributed by atoms with van der Waals surface area (Å²) in [6, 6.07) is 2.40. The van der Waals surface area contributed by atoms with E-state index in [0.717, 1.165) is 0 Å². The predicted octanol–water partition coefficient (Wildman–Crippen LogP) is 1.03. The van der Waals surface area contributed by atoms with Gasteiger partial charge in [0.2, 0.25) is 5.91 Å². The number of aliphatic carboxylic acids is 1. The minimum absolute atomic E-state index is 0.0953. The van der Waals surface area contributed by atoms with E-state index in [1.807, 2.05) is 6.26 Å². The molecule has 2 rings (SSSR count). The minimum Gasteiger partial charge on any atom is -0.480 e. The van der Waals surface area contributed by atoms with E-state index in [0.29, 0.717) is 28.8 Å². The summed E-state index contributed by atoms with van der Waals surface area (Å²) < 4.78 is 1.47. The summed E-state index contributed by atoms with van der Waals surface area (Å²) in [7, 11) is 0. The molecule has 0 fully saturated rings. The summed E-state index contributed by atoms with van der Waals surface area (Å²) in [4.78, 5) is 23.0. The third-order valence-electron chi connectivity index (χ3n) is 3.11. The number of aromatic nitrogens is 4. The number of aryl methyl sites for hydroxylation is 1. The molecule has 1 unspecified atom stereocenters. The van der Waals surface area contributed by atoms with Gasteiger partial charge >= 0.3 is 5.97 Å². The molecule has 0 aromatic carbocycles. The molecule has 0 aliphatic heterocycles. The van der Waals surface area contributed by atoms with E-state index in [1.165, 1.54) is 16.3 Å². The zero-order chi connectivity index (χ0) is 16.8. The Kier molecular flexibility index (Phi) is 6.17. The first kappa shape index (κ1) is 17.5.